The molecule has 1 heterocycles. The molecule has 1 unspecified atom stereocenters. The molecule has 0 fully saturated rings. The Kier molecular flexibility index (Phi) is 7.60. The smallest absolute Gasteiger partial charge is 0.168 e. The van der Waals surface area contributed by atoms with E-state index in [1.54, 1.807) is 19.2 Å². The number of methoxy groups -OCH3 is 1. The standard InChI is InChI=1S/C24H29N3O3/c1-4-6-7-9-18(5-2)30-21-11-8-10-20(22(21)28)24-26-16-25-23(27-24)17-12-14-19(29-3)15-13-17/h8,10-16,18,28H,4-7,9H2,1-3H3. The zero-order valence-electron chi connectivity index (χ0n) is 17.8. The van der Waals surface area contributed by atoms with Crippen LogP contribution in [0.3, 0.4) is 0 Å². The Morgan fingerprint density at radius 3 is 2.43 bits per heavy atom. The Hall–Kier alpha value is -3.15. The maximum absolute atomic E-state index is 10.8. The lowest BCUT2D eigenvalue weighted by atomic mass is 10.1. The summed E-state index contributed by atoms with van der Waals surface area (Å²) in [7, 11) is 1.63. The minimum atomic E-state index is 0.0540. The first-order valence-corrected chi connectivity index (χ1v) is 10.5. The number of unbranched alkanes of at least 4 members (excludes halogenated alkanes) is 2. The number of aromatic nitrogens is 3. The number of ether oxygens (including phenoxy) is 2. The molecule has 0 radical (unpaired) electrons. The minimum Gasteiger partial charge on any atom is -0.504 e. The molecule has 0 aliphatic rings. The van der Waals surface area contributed by atoms with Crippen molar-refractivity contribution in [3.05, 3.63) is 48.8 Å². The van der Waals surface area contributed by atoms with Gasteiger partial charge in [-0.05, 0) is 55.7 Å². The summed E-state index contributed by atoms with van der Waals surface area (Å²) < 4.78 is 11.3. The van der Waals surface area contributed by atoms with Crippen molar-refractivity contribution in [3.63, 3.8) is 0 Å². The fraction of sp³-hybridized carbons (Fsp3) is 0.375. The van der Waals surface area contributed by atoms with Crippen molar-refractivity contribution >= 4 is 0 Å². The molecule has 3 rings (SSSR count). The predicted octanol–water partition coefficient (Wildman–Crippen LogP) is 5.66. The lowest BCUT2D eigenvalue weighted by molar-refractivity contribution is 0.176. The SMILES string of the molecule is CCCCCC(CC)Oc1cccc(-c2ncnc(-c3ccc(OC)cc3)n2)c1O. The lowest BCUT2D eigenvalue weighted by Gasteiger charge is -2.19. The summed E-state index contributed by atoms with van der Waals surface area (Å²) in [6, 6.07) is 12.9. The first kappa shape index (κ1) is 21.6. The normalized spacial score (nSPS) is 11.8. The third-order valence-corrected chi connectivity index (χ3v) is 5.04. The molecule has 0 aliphatic carbocycles. The molecule has 0 bridgehead atoms. The topological polar surface area (TPSA) is 77.4 Å². The van der Waals surface area contributed by atoms with Crippen LogP contribution in [0.2, 0.25) is 0 Å². The van der Waals surface area contributed by atoms with Crippen LogP contribution in [0.5, 0.6) is 17.2 Å². The van der Waals surface area contributed by atoms with E-state index in [4.69, 9.17) is 9.47 Å². The maximum atomic E-state index is 10.8. The number of aromatic hydroxyl groups is 1. The maximum Gasteiger partial charge on any atom is 0.168 e. The van der Waals surface area contributed by atoms with Crippen molar-refractivity contribution in [3.8, 4) is 40.0 Å². The summed E-state index contributed by atoms with van der Waals surface area (Å²) >= 11 is 0. The van der Waals surface area contributed by atoms with Gasteiger partial charge in [0, 0.05) is 5.56 Å². The van der Waals surface area contributed by atoms with Crippen LogP contribution in [0, 0.1) is 0 Å². The first-order chi connectivity index (χ1) is 14.7. The largest absolute Gasteiger partial charge is 0.504 e. The van der Waals surface area contributed by atoms with Crippen molar-refractivity contribution in [1.82, 2.24) is 15.0 Å². The quantitative estimate of drug-likeness (QED) is 0.437. The van der Waals surface area contributed by atoms with E-state index in [1.165, 1.54) is 19.2 Å². The van der Waals surface area contributed by atoms with E-state index >= 15 is 0 Å². The summed E-state index contributed by atoms with van der Waals surface area (Å²) in [5.74, 6) is 2.21. The molecule has 2 aromatic carbocycles. The Balaban J connectivity index is 1.84. The predicted molar refractivity (Wildman–Crippen MR) is 118 cm³/mol. The van der Waals surface area contributed by atoms with Crippen LogP contribution in [0.25, 0.3) is 22.8 Å². The van der Waals surface area contributed by atoms with E-state index in [0.717, 1.165) is 30.6 Å². The lowest BCUT2D eigenvalue weighted by Crippen LogP contribution is -2.15. The number of rotatable bonds is 10. The average molecular weight is 408 g/mol. The second-order valence-corrected chi connectivity index (χ2v) is 7.16. The van der Waals surface area contributed by atoms with E-state index in [2.05, 4.69) is 28.8 Å². The van der Waals surface area contributed by atoms with Crippen LogP contribution in [-0.4, -0.2) is 33.3 Å². The summed E-state index contributed by atoms with van der Waals surface area (Å²) in [5, 5.41) is 10.8. The van der Waals surface area contributed by atoms with Crippen LogP contribution in [0.4, 0.5) is 0 Å². The molecule has 158 valence electrons. The summed E-state index contributed by atoms with van der Waals surface area (Å²) in [4.78, 5) is 13.1. The van der Waals surface area contributed by atoms with Gasteiger partial charge in [0.1, 0.15) is 12.1 Å². The van der Waals surface area contributed by atoms with Crippen molar-refractivity contribution < 1.29 is 14.6 Å². The van der Waals surface area contributed by atoms with E-state index in [0.29, 0.717) is 23.0 Å². The van der Waals surface area contributed by atoms with Gasteiger partial charge in [0.05, 0.1) is 18.8 Å². The fourth-order valence-electron chi connectivity index (χ4n) is 3.25. The van der Waals surface area contributed by atoms with Crippen LogP contribution >= 0.6 is 0 Å². The molecule has 0 aliphatic heterocycles. The van der Waals surface area contributed by atoms with E-state index in [-0.39, 0.29) is 11.9 Å². The highest BCUT2D eigenvalue weighted by atomic mass is 16.5. The second-order valence-electron chi connectivity index (χ2n) is 7.16. The van der Waals surface area contributed by atoms with Crippen LogP contribution in [-0.2, 0) is 0 Å². The molecule has 0 amide bonds. The number of phenolic OH excluding ortho intramolecular Hbond substituents is 1. The third-order valence-electron chi connectivity index (χ3n) is 5.04. The zero-order chi connectivity index (χ0) is 21.3. The molecule has 30 heavy (non-hydrogen) atoms. The fourth-order valence-corrected chi connectivity index (χ4v) is 3.25. The number of benzene rings is 2. The molecule has 1 atom stereocenters. The van der Waals surface area contributed by atoms with Gasteiger partial charge in [0.25, 0.3) is 0 Å². The van der Waals surface area contributed by atoms with Gasteiger partial charge in [-0.25, -0.2) is 15.0 Å². The van der Waals surface area contributed by atoms with Crippen molar-refractivity contribution in [2.75, 3.05) is 7.11 Å². The van der Waals surface area contributed by atoms with Crippen molar-refractivity contribution in [2.45, 2.75) is 52.1 Å². The van der Waals surface area contributed by atoms with Gasteiger partial charge in [0.2, 0.25) is 0 Å². The summed E-state index contributed by atoms with van der Waals surface area (Å²) in [6.45, 7) is 4.29. The number of para-hydroxylation sites is 1. The van der Waals surface area contributed by atoms with Crippen molar-refractivity contribution in [1.29, 1.82) is 0 Å². The van der Waals surface area contributed by atoms with Crippen molar-refractivity contribution in [2.24, 2.45) is 0 Å². The van der Waals surface area contributed by atoms with Gasteiger partial charge in [-0.3, -0.25) is 0 Å². The molecule has 1 aromatic heterocycles. The van der Waals surface area contributed by atoms with Crippen LogP contribution in [0.1, 0.15) is 46.0 Å². The molecule has 6 nitrogen and oxygen atoms in total. The van der Waals surface area contributed by atoms with Gasteiger partial charge < -0.3 is 14.6 Å². The van der Waals surface area contributed by atoms with Gasteiger partial charge >= 0.3 is 0 Å². The Bertz CT molecular complexity index is 945. The van der Waals surface area contributed by atoms with Gasteiger partial charge in [0.15, 0.2) is 23.1 Å². The number of phenols is 1. The van der Waals surface area contributed by atoms with Gasteiger partial charge in [-0.15, -0.1) is 0 Å². The zero-order valence-corrected chi connectivity index (χ0v) is 17.8. The highest BCUT2D eigenvalue weighted by Crippen LogP contribution is 2.37. The Morgan fingerprint density at radius 1 is 0.967 bits per heavy atom. The third kappa shape index (κ3) is 5.26. The number of nitrogens with zero attached hydrogens (tertiary/aromatic N) is 3. The second kappa shape index (κ2) is 10.6. The average Bonchev–Trinajstić information content (AvgIpc) is 2.80. The molecule has 0 saturated carbocycles. The molecule has 1 N–H and O–H groups in total. The molecular formula is C24H29N3O3. The summed E-state index contributed by atoms with van der Waals surface area (Å²) in [6.07, 6.45) is 6.87. The summed E-state index contributed by atoms with van der Waals surface area (Å²) in [5.41, 5.74) is 1.36. The molecule has 3 aromatic rings. The van der Waals surface area contributed by atoms with Crippen LogP contribution in [0.15, 0.2) is 48.8 Å². The molecule has 0 saturated heterocycles. The highest BCUT2D eigenvalue weighted by Gasteiger charge is 2.17. The van der Waals surface area contributed by atoms with E-state index in [1.807, 2.05) is 30.3 Å². The minimum absolute atomic E-state index is 0.0540. The number of hydrogen-bond donors (Lipinski definition) is 1. The molecule has 6 heteroatoms. The number of hydrogen-bond acceptors (Lipinski definition) is 6. The van der Waals surface area contributed by atoms with Crippen LogP contribution < -0.4 is 9.47 Å². The Morgan fingerprint density at radius 2 is 1.73 bits per heavy atom. The molecular weight excluding hydrogens is 378 g/mol. The Labute approximate surface area is 178 Å². The van der Waals surface area contributed by atoms with E-state index in [9.17, 15) is 5.11 Å². The van der Waals surface area contributed by atoms with E-state index < -0.39 is 0 Å². The van der Waals surface area contributed by atoms with Gasteiger partial charge in [-0.1, -0.05) is 32.8 Å². The highest BCUT2D eigenvalue weighted by molar-refractivity contribution is 5.69. The first-order valence-electron chi connectivity index (χ1n) is 10.5. The molecule has 0 spiro atoms. The monoisotopic (exact) mass is 407 g/mol. The van der Waals surface area contributed by atoms with Gasteiger partial charge in [-0.2, -0.15) is 0 Å².